The van der Waals surface area contributed by atoms with Gasteiger partial charge in [-0.05, 0) is 0 Å². The fourth-order valence-corrected chi connectivity index (χ4v) is 0. The lowest BCUT2D eigenvalue weighted by molar-refractivity contribution is 0.622. The number of rotatable bonds is 0. The fourth-order valence-electron chi connectivity index (χ4n) is 0. The highest BCUT2D eigenvalue weighted by molar-refractivity contribution is 8.50. The topological polar surface area (TPSA) is 34.1 Å². The summed E-state index contributed by atoms with van der Waals surface area (Å²) in [5.41, 5.74) is 0. The van der Waals surface area contributed by atoms with Gasteiger partial charge in [-0.25, -0.2) is 8.42 Å². The molecule has 0 heterocycles. The molecule has 0 saturated carbocycles. The summed E-state index contributed by atoms with van der Waals surface area (Å²) < 4.78 is 18.7. The van der Waals surface area contributed by atoms with E-state index in [1.54, 1.807) is 0 Å². The van der Waals surface area contributed by atoms with Gasteiger partial charge in [0.25, 0.3) is 0 Å². The van der Waals surface area contributed by atoms with Gasteiger partial charge in [0.2, 0.25) is 8.67 Å². The maximum Gasteiger partial charge on any atom is 0.243 e. The van der Waals surface area contributed by atoms with Crippen molar-refractivity contribution in [1.29, 1.82) is 0 Å². The first kappa shape index (κ1) is 5.67. The molecule has 0 spiro atoms. The van der Waals surface area contributed by atoms with Crippen LogP contribution in [0.5, 0.6) is 0 Å². The van der Waals surface area contributed by atoms with Gasteiger partial charge in [0.05, 0.1) is 0 Å². The van der Waals surface area contributed by atoms with Gasteiger partial charge >= 0.3 is 0 Å². The van der Waals surface area contributed by atoms with Crippen molar-refractivity contribution in [2.75, 3.05) is 0 Å². The Labute approximate surface area is 36.9 Å². The third kappa shape index (κ3) is 74.2. The third-order valence-corrected chi connectivity index (χ3v) is 0. The molecule has 0 aliphatic rings. The molecule has 0 fully saturated rings. The van der Waals surface area contributed by atoms with Crippen LogP contribution < -0.4 is 0 Å². The lowest BCUT2D eigenvalue weighted by Gasteiger charge is -1.65. The van der Waals surface area contributed by atoms with Crippen LogP contribution in [0.4, 0.5) is 0 Å². The van der Waals surface area contributed by atoms with Crippen LogP contribution in [0, 0.1) is 0 Å². The average molecular weight is 133 g/mol. The highest BCUT2D eigenvalue weighted by atomic mass is 35.7. The maximum atomic E-state index is 9.36. The van der Waals surface area contributed by atoms with E-state index in [2.05, 4.69) is 10.7 Å². The second-order valence-corrected chi connectivity index (χ2v) is 5.48. The molecule has 5 heteroatoms. The summed E-state index contributed by atoms with van der Waals surface area (Å²) in [6.45, 7) is 0. The molecule has 0 aromatic carbocycles. The molecule has 0 radical (unpaired) electrons. The molecule has 5 heavy (non-hydrogen) atoms. The molecule has 1 unspecified atom stereocenters. The number of halogens is 1. The van der Waals surface area contributed by atoms with Crippen LogP contribution in [0.2, 0.25) is 0 Å². The zero-order valence-electron chi connectivity index (χ0n) is 2.18. The SMILES string of the molecule is O=S(=O)(P)Cl. The fraction of sp³-hybridized carbons (Fsp3) is 0. The summed E-state index contributed by atoms with van der Waals surface area (Å²) in [5, 5.41) is 0. The molecule has 32 valence electrons. The summed E-state index contributed by atoms with van der Waals surface area (Å²) in [6.07, 6.45) is 0. The predicted octanol–water partition coefficient (Wildman–Crippen LogP) is 0.345. The minimum Gasteiger partial charge on any atom is -0.209 e. The monoisotopic (exact) mass is 132 g/mol. The molecular weight excluding hydrogens is 130 g/mol. The zero-order chi connectivity index (χ0) is 4.50. The Morgan fingerprint density at radius 2 is 1.60 bits per heavy atom. The highest BCUT2D eigenvalue weighted by Gasteiger charge is 1.83. The Morgan fingerprint density at radius 1 is 1.60 bits per heavy atom. The van der Waals surface area contributed by atoms with E-state index in [4.69, 9.17) is 0 Å². The Morgan fingerprint density at radius 3 is 1.60 bits per heavy atom. The van der Waals surface area contributed by atoms with Gasteiger partial charge in [-0.1, -0.05) is 0 Å². The summed E-state index contributed by atoms with van der Waals surface area (Å²) in [5.74, 6) is 0. The van der Waals surface area contributed by atoms with Crippen LogP contribution in [0.15, 0.2) is 0 Å². The molecule has 0 rings (SSSR count). The second-order valence-electron chi connectivity index (χ2n) is 0.476. The van der Waals surface area contributed by atoms with Crippen molar-refractivity contribution in [2.45, 2.75) is 0 Å². The largest absolute Gasteiger partial charge is 0.243 e. The first-order valence-electron chi connectivity index (χ1n) is 0.723. The van der Waals surface area contributed by atoms with Crippen molar-refractivity contribution < 1.29 is 8.42 Å². The second kappa shape index (κ2) is 1.41. The zero-order valence-corrected chi connectivity index (χ0v) is 4.91. The van der Waals surface area contributed by atoms with Gasteiger partial charge in [0.1, 0.15) is 0 Å². The van der Waals surface area contributed by atoms with Crippen LogP contribution in [-0.2, 0) is 8.67 Å². The molecule has 0 saturated heterocycles. The van der Waals surface area contributed by atoms with Gasteiger partial charge in [-0.15, -0.1) is 0 Å². The Balaban J connectivity index is 4.06. The maximum absolute atomic E-state index is 9.36. The summed E-state index contributed by atoms with van der Waals surface area (Å²) in [6, 6.07) is 0. The molecular formula is H2ClO2PS. The number of hydrogen-bond donors (Lipinski definition) is 0. The first-order valence-corrected chi connectivity index (χ1v) is 4.51. The molecule has 0 aromatic rings. The van der Waals surface area contributed by atoms with Crippen molar-refractivity contribution in [3.05, 3.63) is 0 Å². The lowest BCUT2D eigenvalue weighted by atomic mass is 15.9. The minimum absolute atomic E-state index is 1.45. The Hall–Kier alpha value is 0.670. The summed E-state index contributed by atoms with van der Waals surface area (Å²) in [7, 11) is 2.64. The summed E-state index contributed by atoms with van der Waals surface area (Å²) >= 11 is 0. The van der Waals surface area contributed by atoms with Crippen LogP contribution in [-0.4, -0.2) is 8.42 Å². The van der Waals surface area contributed by atoms with Crippen molar-refractivity contribution >= 4 is 27.8 Å². The molecule has 0 amide bonds. The van der Waals surface area contributed by atoms with E-state index in [0.717, 1.165) is 0 Å². The molecule has 0 bridgehead atoms. The van der Waals surface area contributed by atoms with E-state index in [0.29, 0.717) is 0 Å². The van der Waals surface area contributed by atoms with Gasteiger partial charge < -0.3 is 0 Å². The molecule has 0 aliphatic heterocycles. The lowest BCUT2D eigenvalue weighted by Crippen LogP contribution is -1.62. The van der Waals surface area contributed by atoms with Gasteiger partial charge in [-0.2, -0.15) is 0 Å². The molecule has 0 aliphatic carbocycles. The van der Waals surface area contributed by atoms with Crippen molar-refractivity contribution in [2.24, 2.45) is 0 Å². The van der Waals surface area contributed by atoms with Crippen molar-refractivity contribution in [3.8, 4) is 0 Å². The number of hydrogen-bond acceptors (Lipinski definition) is 2. The Bertz CT molecular complexity index is 92.8. The molecule has 2 nitrogen and oxygen atoms in total. The van der Waals surface area contributed by atoms with Crippen LogP contribution in [0.1, 0.15) is 0 Å². The van der Waals surface area contributed by atoms with E-state index in [9.17, 15) is 8.42 Å². The van der Waals surface area contributed by atoms with E-state index in [-0.39, 0.29) is 0 Å². The van der Waals surface area contributed by atoms with Crippen LogP contribution in [0.3, 0.4) is 0 Å². The van der Waals surface area contributed by atoms with E-state index >= 15 is 0 Å². The minimum atomic E-state index is -3.28. The van der Waals surface area contributed by atoms with Crippen LogP contribution in [0.25, 0.3) is 0 Å². The average Bonchev–Trinajstić information content (AvgIpc) is 0.722. The normalized spacial score (nSPS) is 11.6. The van der Waals surface area contributed by atoms with Crippen molar-refractivity contribution in [3.63, 3.8) is 0 Å². The summed E-state index contributed by atoms with van der Waals surface area (Å²) in [4.78, 5) is 0. The predicted molar refractivity (Wildman–Crippen MR) is 24.5 cm³/mol. The molecule has 1 atom stereocenters. The van der Waals surface area contributed by atoms with Gasteiger partial charge in [0, 0.05) is 19.1 Å². The van der Waals surface area contributed by atoms with Gasteiger partial charge in [0.15, 0.2) is 0 Å². The molecule has 0 N–H and O–H groups in total. The quantitative estimate of drug-likeness (QED) is 0.352. The Kier molecular flexibility index (Phi) is 1.60. The smallest absolute Gasteiger partial charge is 0.209 e. The van der Waals surface area contributed by atoms with E-state index in [1.165, 1.54) is 8.44 Å². The van der Waals surface area contributed by atoms with Crippen LogP contribution >= 0.6 is 19.1 Å². The van der Waals surface area contributed by atoms with Gasteiger partial charge in [-0.3, -0.25) is 0 Å². The van der Waals surface area contributed by atoms with Crippen molar-refractivity contribution in [1.82, 2.24) is 0 Å². The van der Waals surface area contributed by atoms with E-state index < -0.39 is 8.67 Å². The third-order valence-electron chi connectivity index (χ3n) is 0. The first-order chi connectivity index (χ1) is 2.00. The molecule has 0 aromatic heterocycles. The van der Waals surface area contributed by atoms with E-state index in [1.807, 2.05) is 0 Å². The highest BCUT2D eigenvalue weighted by Crippen LogP contribution is 2.03. The standard InChI is InChI=1S/ClH2O2PS/c1-5(2,3)4/h4H2.